The average molecular weight is 414 g/mol. The van der Waals surface area contributed by atoms with E-state index in [1.54, 1.807) is 52.6 Å². The summed E-state index contributed by atoms with van der Waals surface area (Å²) in [6, 6.07) is 10.6. The molecule has 0 radical (unpaired) electrons. The molecule has 29 heavy (non-hydrogen) atoms. The molecule has 3 heterocycles. The molecule has 0 bridgehead atoms. The van der Waals surface area contributed by atoms with E-state index in [4.69, 9.17) is 16.0 Å². The number of carbonyl (C=O) groups is 2. The van der Waals surface area contributed by atoms with Crippen LogP contribution in [0.2, 0.25) is 5.02 Å². The first kappa shape index (κ1) is 19.2. The molecule has 4 rings (SSSR count). The van der Waals surface area contributed by atoms with Crippen molar-refractivity contribution in [1.82, 2.24) is 24.6 Å². The van der Waals surface area contributed by atoms with Crippen LogP contribution >= 0.6 is 11.6 Å². The molecule has 2 aromatic heterocycles. The molecule has 0 N–H and O–H groups in total. The van der Waals surface area contributed by atoms with Gasteiger partial charge in [-0.3, -0.25) is 9.59 Å². The molecular formula is C20H20ClN5O3. The van der Waals surface area contributed by atoms with Crippen molar-refractivity contribution in [3.63, 3.8) is 0 Å². The molecule has 9 heteroatoms. The van der Waals surface area contributed by atoms with Crippen molar-refractivity contribution in [2.75, 3.05) is 26.2 Å². The first-order chi connectivity index (χ1) is 13.9. The van der Waals surface area contributed by atoms with Crippen LogP contribution in [0.15, 0.2) is 40.8 Å². The highest BCUT2D eigenvalue weighted by Crippen LogP contribution is 2.16. The molecule has 1 aromatic carbocycles. The third kappa shape index (κ3) is 3.88. The van der Waals surface area contributed by atoms with E-state index in [0.717, 1.165) is 5.69 Å². The predicted molar refractivity (Wildman–Crippen MR) is 106 cm³/mol. The molecule has 0 atom stereocenters. The Bertz CT molecular complexity index is 1050. The van der Waals surface area contributed by atoms with E-state index in [-0.39, 0.29) is 17.6 Å². The van der Waals surface area contributed by atoms with E-state index < -0.39 is 0 Å². The third-order valence-electron chi connectivity index (χ3n) is 4.84. The average Bonchev–Trinajstić information content (AvgIpc) is 3.33. The molecule has 1 aliphatic rings. The number of hydrogen-bond donors (Lipinski definition) is 0. The Hall–Kier alpha value is -3.13. The molecular weight excluding hydrogens is 394 g/mol. The number of halogens is 1. The van der Waals surface area contributed by atoms with Gasteiger partial charge in [0.1, 0.15) is 11.6 Å². The van der Waals surface area contributed by atoms with E-state index in [2.05, 4.69) is 10.1 Å². The lowest BCUT2D eigenvalue weighted by Gasteiger charge is -2.33. The summed E-state index contributed by atoms with van der Waals surface area (Å²) in [6.07, 6.45) is 0. The summed E-state index contributed by atoms with van der Waals surface area (Å²) < 4.78 is 7.02. The zero-order chi connectivity index (χ0) is 20.5. The van der Waals surface area contributed by atoms with Crippen LogP contribution in [0, 0.1) is 13.8 Å². The number of benzene rings is 1. The highest BCUT2D eigenvalue weighted by Gasteiger charge is 2.29. The zero-order valence-electron chi connectivity index (χ0n) is 16.1. The number of amides is 2. The van der Waals surface area contributed by atoms with Crippen LogP contribution in [0.1, 0.15) is 32.8 Å². The second-order valence-electron chi connectivity index (χ2n) is 6.87. The lowest BCUT2D eigenvalue weighted by Crippen LogP contribution is -2.50. The fourth-order valence-electron chi connectivity index (χ4n) is 3.27. The zero-order valence-corrected chi connectivity index (χ0v) is 16.9. The van der Waals surface area contributed by atoms with Gasteiger partial charge in [-0.2, -0.15) is 0 Å². The van der Waals surface area contributed by atoms with Crippen LogP contribution in [0.5, 0.6) is 0 Å². The number of furan rings is 1. The molecule has 150 valence electrons. The van der Waals surface area contributed by atoms with Crippen LogP contribution in [-0.4, -0.2) is 62.6 Å². The Kier molecular flexibility index (Phi) is 5.10. The highest BCUT2D eigenvalue weighted by atomic mass is 35.5. The van der Waals surface area contributed by atoms with Crippen molar-refractivity contribution in [1.29, 1.82) is 0 Å². The molecule has 3 aromatic rings. The Morgan fingerprint density at radius 3 is 2.14 bits per heavy atom. The molecule has 0 spiro atoms. The maximum Gasteiger partial charge on any atom is 0.293 e. The molecule has 0 aliphatic carbocycles. The number of aromatic nitrogens is 3. The Labute approximate surface area is 172 Å². The second kappa shape index (κ2) is 7.71. The van der Waals surface area contributed by atoms with E-state index in [9.17, 15) is 9.59 Å². The maximum atomic E-state index is 12.8. The van der Waals surface area contributed by atoms with Crippen molar-refractivity contribution >= 4 is 23.4 Å². The molecule has 1 fully saturated rings. The normalized spacial score (nSPS) is 14.3. The lowest BCUT2D eigenvalue weighted by molar-refractivity contribution is 0.0511. The van der Waals surface area contributed by atoms with E-state index in [1.807, 2.05) is 12.1 Å². The van der Waals surface area contributed by atoms with E-state index in [1.165, 1.54) is 0 Å². The van der Waals surface area contributed by atoms with Gasteiger partial charge in [0.05, 0.1) is 5.69 Å². The number of piperazine rings is 1. The number of carbonyl (C=O) groups excluding carboxylic acids is 2. The summed E-state index contributed by atoms with van der Waals surface area (Å²) in [5, 5.41) is 4.99. The first-order valence-corrected chi connectivity index (χ1v) is 9.65. The van der Waals surface area contributed by atoms with E-state index in [0.29, 0.717) is 48.5 Å². The van der Waals surface area contributed by atoms with Gasteiger partial charge in [-0.15, -0.1) is 5.10 Å². The van der Waals surface area contributed by atoms with Gasteiger partial charge in [-0.05, 0) is 50.2 Å². The molecule has 8 nitrogen and oxygen atoms in total. The summed E-state index contributed by atoms with van der Waals surface area (Å²) in [5.41, 5.74) is 0.780. The topological polar surface area (TPSA) is 84.5 Å². The Morgan fingerprint density at radius 2 is 1.55 bits per heavy atom. The smallest absolute Gasteiger partial charge is 0.293 e. The van der Waals surface area contributed by atoms with Gasteiger partial charge in [-0.1, -0.05) is 11.6 Å². The van der Waals surface area contributed by atoms with Gasteiger partial charge in [-0.25, -0.2) is 9.67 Å². The predicted octanol–water partition coefficient (Wildman–Crippen LogP) is 2.73. The minimum absolute atomic E-state index is 0.138. The maximum absolute atomic E-state index is 12.8. The Morgan fingerprint density at radius 1 is 0.931 bits per heavy atom. The number of aryl methyl sites for hydroxylation is 2. The number of nitrogens with zero attached hydrogens (tertiary/aromatic N) is 5. The minimum Gasteiger partial charge on any atom is -0.456 e. The van der Waals surface area contributed by atoms with E-state index >= 15 is 0 Å². The van der Waals surface area contributed by atoms with Crippen molar-refractivity contribution in [3.05, 3.63) is 64.6 Å². The second-order valence-corrected chi connectivity index (χ2v) is 7.30. The minimum atomic E-state index is -0.248. The standard InChI is InChI=1S/C20H20ClN5O3/c1-13-3-8-17(29-13)19(27)24-9-11-25(12-10-24)20(28)18-22-14(2)26(23-18)16-6-4-15(21)5-7-16/h3-8H,9-12H2,1-2H3. The molecule has 0 saturated carbocycles. The first-order valence-electron chi connectivity index (χ1n) is 9.27. The Balaban J connectivity index is 1.43. The van der Waals surface area contributed by atoms with Crippen LogP contribution in [0.3, 0.4) is 0 Å². The molecule has 1 aliphatic heterocycles. The fraction of sp³-hybridized carbons (Fsp3) is 0.300. The van der Waals surface area contributed by atoms with Crippen LogP contribution in [0.25, 0.3) is 5.69 Å². The summed E-state index contributed by atoms with van der Waals surface area (Å²) in [5.74, 6) is 1.35. The quantitative estimate of drug-likeness (QED) is 0.659. The van der Waals surface area contributed by atoms with Crippen molar-refractivity contribution < 1.29 is 14.0 Å². The van der Waals surface area contributed by atoms with Crippen LogP contribution in [-0.2, 0) is 0 Å². The highest BCUT2D eigenvalue weighted by molar-refractivity contribution is 6.30. The SMILES string of the molecule is Cc1ccc(C(=O)N2CCN(C(=O)c3nc(C)n(-c4ccc(Cl)cc4)n3)CC2)o1. The largest absolute Gasteiger partial charge is 0.456 e. The van der Waals surface area contributed by atoms with Gasteiger partial charge in [0, 0.05) is 31.2 Å². The van der Waals surface area contributed by atoms with Gasteiger partial charge < -0.3 is 14.2 Å². The summed E-state index contributed by atoms with van der Waals surface area (Å²) in [7, 11) is 0. The lowest BCUT2D eigenvalue weighted by atomic mass is 10.2. The summed E-state index contributed by atoms with van der Waals surface area (Å²) in [6.45, 7) is 5.28. The van der Waals surface area contributed by atoms with Gasteiger partial charge >= 0.3 is 0 Å². The summed E-state index contributed by atoms with van der Waals surface area (Å²) >= 11 is 5.93. The monoisotopic (exact) mass is 413 g/mol. The van der Waals surface area contributed by atoms with Crippen molar-refractivity contribution in [3.8, 4) is 5.69 Å². The van der Waals surface area contributed by atoms with Crippen LogP contribution in [0.4, 0.5) is 0 Å². The number of rotatable bonds is 3. The number of hydrogen-bond acceptors (Lipinski definition) is 5. The molecule has 0 unspecified atom stereocenters. The summed E-state index contributed by atoms with van der Waals surface area (Å²) in [4.78, 5) is 33.0. The van der Waals surface area contributed by atoms with Crippen molar-refractivity contribution in [2.45, 2.75) is 13.8 Å². The van der Waals surface area contributed by atoms with Gasteiger partial charge in [0.25, 0.3) is 11.8 Å². The van der Waals surface area contributed by atoms with Crippen molar-refractivity contribution in [2.24, 2.45) is 0 Å². The molecule has 2 amide bonds. The fourth-order valence-corrected chi connectivity index (χ4v) is 3.39. The molecule has 1 saturated heterocycles. The third-order valence-corrected chi connectivity index (χ3v) is 5.09. The van der Waals surface area contributed by atoms with Gasteiger partial charge in [0.15, 0.2) is 5.76 Å². The van der Waals surface area contributed by atoms with Crippen LogP contribution < -0.4 is 0 Å². The van der Waals surface area contributed by atoms with Gasteiger partial charge in [0.2, 0.25) is 5.82 Å².